The summed E-state index contributed by atoms with van der Waals surface area (Å²) in [6, 6.07) is 9.31. The van der Waals surface area contributed by atoms with Gasteiger partial charge in [0.05, 0.1) is 18.6 Å². The predicted octanol–water partition coefficient (Wildman–Crippen LogP) is 0.812. The molecular formula is C21H30N4O4S. The van der Waals surface area contributed by atoms with Crippen LogP contribution in [0.15, 0.2) is 36.0 Å². The van der Waals surface area contributed by atoms with Crippen LogP contribution in [0.25, 0.3) is 0 Å². The SMILES string of the molecule is COc1ccc(CCNC(=O)/C(C#N)=C\N(CCN(C)C)C2CCS(=O)(=O)C2)cc1. The third kappa shape index (κ3) is 7.35. The second kappa shape index (κ2) is 11.0. The molecule has 0 spiro atoms. The lowest BCUT2D eigenvalue weighted by molar-refractivity contribution is -0.117. The van der Waals surface area contributed by atoms with Crippen molar-refractivity contribution in [3.8, 4) is 11.8 Å². The van der Waals surface area contributed by atoms with E-state index in [4.69, 9.17) is 4.74 Å². The van der Waals surface area contributed by atoms with E-state index >= 15 is 0 Å². The van der Waals surface area contributed by atoms with Crippen molar-refractivity contribution in [3.05, 3.63) is 41.6 Å². The monoisotopic (exact) mass is 434 g/mol. The van der Waals surface area contributed by atoms with Crippen molar-refractivity contribution in [2.24, 2.45) is 0 Å². The van der Waals surface area contributed by atoms with Crippen LogP contribution in [0.2, 0.25) is 0 Å². The number of nitriles is 1. The minimum atomic E-state index is -3.07. The van der Waals surface area contributed by atoms with Gasteiger partial charge in [0, 0.05) is 31.9 Å². The smallest absolute Gasteiger partial charge is 0.263 e. The summed E-state index contributed by atoms with van der Waals surface area (Å²) in [5.74, 6) is 0.500. The Morgan fingerprint density at radius 2 is 2.00 bits per heavy atom. The second-order valence-electron chi connectivity index (χ2n) is 7.61. The van der Waals surface area contributed by atoms with Crippen molar-refractivity contribution in [3.63, 3.8) is 0 Å². The summed E-state index contributed by atoms with van der Waals surface area (Å²) in [7, 11) is 2.38. The molecule has 1 heterocycles. The maximum absolute atomic E-state index is 12.5. The Labute approximate surface area is 179 Å². The third-order valence-electron chi connectivity index (χ3n) is 5.00. The second-order valence-corrected chi connectivity index (χ2v) is 9.84. The normalized spacial score (nSPS) is 18.1. The van der Waals surface area contributed by atoms with Crippen LogP contribution >= 0.6 is 0 Å². The highest BCUT2D eigenvalue weighted by molar-refractivity contribution is 7.91. The van der Waals surface area contributed by atoms with Crippen LogP contribution in [0.5, 0.6) is 5.75 Å². The van der Waals surface area contributed by atoms with Crippen molar-refractivity contribution in [2.75, 3.05) is 52.3 Å². The van der Waals surface area contributed by atoms with E-state index in [-0.39, 0.29) is 23.1 Å². The summed E-state index contributed by atoms with van der Waals surface area (Å²) in [5.41, 5.74) is 1.02. The number of nitrogens with zero attached hydrogens (tertiary/aromatic N) is 3. The first-order valence-corrected chi connectivity index (χ1v) is 11.7. The quantitative estimate of drug-likeness (QED) is 0.429. The minimum Gasteiger partial charge on any atom is -0.497 e. The standard InChI is InChI=1S/C21H30N4O4S/c1-24(2)11-12-25(19-9-13-30(27,28)16-19)15-18(14-22)21(26)23-10-8-17-4-6-20(29-3)7-5-17/h4-7,15,19H,8-13,16H2,1-3H3,(H,23,26)/b18-15-. The van der Waals surface area contributed by atoms with Gasteiger partial charge in [0.25, 0.3) is 5.91 Å². The van der Waals surface area contributed by atoms with Gasteiger partial charge in [0.15, 0.2) is 9.84 Å². The Kier molecular flexibility index (Phi) is 8.69. The molecule has 1 saturated heterocycles. The highest BCUT2D eigenvalue weighted by Crippen LogP contribution is 2.19. The number of rotatable bonds is 10. The lowest BCUT2D eigenvalue weighted by Gasteiger charge is -2.28. The van der Waals surface area contributed by atoms with Crippen molar-refractivity contribution in [1.82, 2.24) is 15.1 Å². The Bertz CT molecular complexity index is 889. The van der Waals surface area contributed by atoms with Gasteiger partial charge in [-0.25, -0.2) is 8.42 Å². The first-order valence-electron chi connectivity index (χ1n) is 9.88. The van der Waals surface area contributed by atoms with Crippen molar-refractivity contribution in [2.45, 2.75) is 18.9 Å². The molecule has 164 valence electrons. The van der Waals surface area contributed by atoms with Crippen molar-refractivity contribution < 1.29 is 17.9 Å². The first-order chi connectivity index (χ1) is 14.2. The third-order valence-corrected chi connectivity index (χ3v) is 6.75. The number of amides is 1. The van der Waals surface area contributed by atoms with Crippen LogP contribution in [-0.2, 0) is 21.1 Å². The molecule has 0 bridgehead atoms. The number of carbonyl (C=O) groups is 1. The summed E-state index contributed by atoms with van der Waals surface area (Å²) in [4.78, 5) is 16.3. The number of hydrogen-bond donors (Lipinski definition) is 1. The molecule has 1 aromatic carbocycles. The Morgan fingerprint density at radius 1 is 1.30 bits per heavy atom. The van der Waals surface area contributed by atoms with Crippen LogP contribution < -0.4 is 10.1 Å². The zero-order chi connectivity index (χ0) is 22.1. The molecule has 0 aliphatic carbocycles. The molecule has 1 aliphatic rings. The summed E-state index contributed by atoms with van der Waals surface area (Å²) in [5, 5.41) is 12.3. The van der Waals surface area contributed by atoms with Gasteiger partial charge in [-0.05, 0) is 44.6 Å². The predicted molar refractivity (Wildman–Crippen MR) is 116 cm³/mol. The molecule has 1 amide bonds. The van der Waals surface area contributed by atoms with Gasteiger partial charge < -0.3 is 19.9 Å². The molecule has 0 radical (unpaired) electrons. The van der Waals surface area contributed by atoms with Gasteiger partial charge >= 0.3 is 0 Å². The fourth-order valence-electron chi connectivity index (χ4n) is 3.22. The van der Waals surface area contributed by atoms with E-state index in [1.54, 1.807) is 7.11 Å². The summed E-state index contributed by atoms with van der Waals surface area (Å²) >= 11 is 0. The molecule has 0 saturated carbocycles. The van der Waals surface area contributed by atoms with E-state index < -0.39 is 15.7 Å². The first kappa shape index (κ1) is 23.7. The molecule has 30 heavy (non-hydrogen) atoms. The number of methoxy groups -OCH3 is 1. The van der Waals surface area contributed by atoms with Crippen LogP contribution in [-0.4, -0.2) is 82.5 Å². The maximum Gasteiger partial charge on any atom is 0.263 e. The van der Waals surface area contributed by atoms with Crippen molar-refractivity contribution in [1.29, 1.82) is 5.26 Å². The zero-order valence-corrected chi connectivity index (χ0v) is 18.6. The lowest BCUT2D eigenvalue weighted by Crippen LogP contribution is -2.38. The number of hydrogen-bond acceptors (Lipinski definition) is 7. The summed E-state index contributed by atoms with van der Waals surface area (Å²) < 4.78 is 28.9. The number of carbonyl (C=O) groups excluding carboxylic acids is 1. The molecule has 1 fully saturated rings. The fraction of sp³-hybridized carbons (Fsp3) is 0.524. The lowest BCUT2D eigenvalue weighted by atomic mass is 10.1. The number of likely N-dealkylation sites (N-methyl/N-ethyl adjacent to an activating group) is 1. The van der Waals surface area contributed by atoms with Crippen LogP contribution in [0.1, 0.15) is 12.0 Å². The molecule has 8 nitrogen and oxygen atoms in total. The fourth-order valence-corrected chi connectivity index (χ4v) is 4.96. The number of sulfone groups is 1. The summed E-state index contributed by atoms with van der Waals surface area (Å²) in [6.45, 7) is 1.61. The number of nitrogens with one attached hydrogen (secondary N) is 1. The zero-order valence-electron chi connectivity index (χ0n) is 17.8. The Balaban J connectivity index is 2.01. The molecule has 1 aromatic rings. The van der Waals surface area contributed by atoms with E-state index in [1.165, 1.54) is 6.20 Å². The van der Waals surface area contributed by atoms with E-state index in [0.29, 0.717) is 32.5 Å². The molecule has 1 aliphatic heterocycles. The number of benzene rings is 1. The van der Waals surface area contributed by atoms with Crippen LogP contribution in [0.3, 0.4) is 0 Å². The molecule has 1 unspecified atom stereocenters. The minimum absolute atomic E-state index is 0.0206. The van der Waals surface area contributed by atoms with Crippen LogP contribution in [0, 0.1) is 11.3 Å². The van der Waals surface area contributed by atoms with Crippen molar-refractivity contribution >= 4 is 15.7 Å². The topological polar surface area (TPSA) is 103 Å². The van der Waals surface area contributed by atoms with E-state index in [1.807, 2.05) is 54.2 Å². The molecule has 1 N–H and O–H groups in total. The van der Waals surface area contributed by atoms with E-state index in [0.717, 1.165) is 11.3 Å². The average molecular weight is 435 g/mol. The molecular weight excluding hydrogens is 404 g/mol. The summed E-state index contributed by atoms with van der Waals surface area (Å²) in [6.07, 6.45) is 2.64. The Hall–Kier alpha value is -2.57. The largest absolute Gasteiger partial charge is 0.497 e. The van der Waals surface area contributed by atoms with Gasteiger partial charge in [-0.15, -0.1) is 0 Å². The molecule has 2 rings (SSSR count). The van der Waals surface area contributed by atoms with Gasteiger partial charge in [-0.2, -0.15) is 5.26 Å². The highest BCUT2D eigenvalue weighted by Gasteiger charge is 2.31. The van der Waals surface area contributed by atoms with Gasteiger partial charge in [0.1, 0.15) is 17.4 Å². The average Bonchev–Trinajstić information content (AvgIpc) is 3.08. The van der Waals surface area contributed by atoms with Crippen LogP contribution in [0.4, 0.5) is 0 Å². The van der Waals surface area contributed by atoms with E-state index in [2.05, 4.69) is 5.32 Å². The maximum atomic E-state index is 12.5. The molecule has 9 heteroatoms. The van der Waals surface area contributed by atoms with E-state index in [9.17, 15) is 18.5 Å². The van der Waals surface area contributed by atoms with Gasteiger partial charge in [0.2, 0.25) is 0 Å². The number of ether oxygens (including phenoxy) is 1. The highest BCUT2D eigenvalue weighted by atomic mass is 32.2. The molecule has 0 aromatic heterocycles. The van der Waals surface area contributed by atoms with Gasteiger partial charge in [-0.1, -0.05) is 12.1 Å². The Morgan fingerprint density at radius 3 is 2.53 bits per heavy atom. The molecule has 1 atom stereocenters. The van der Waals surface area contributed by atoms with Gasteiger partial charge in [-0.3, -0.25) is 4.79 Å².